The Kier molecular flexibility index (Phi) is 10.5. The van der Waals surface area contributed by atoms with E-state index >= 15 is 0 Å². The zero-order chi connectivity index (χ0) is 34.5. The van der Waals surface area contributed by atoms with Crippen molar-refractivity contribution in [1.29, 1.82) is 0 Å². The first-order valence-electron chi connectivity index (χ1n) is 16.9. The Labute approximate surface area is 285 Å². The van der Waals surface area contributed by atoms with Crippen LogP contribution in [0.3, 0.4) is 0 Å². The van der Waals surface area contributed by atoms with Crippen LogP contribution in [0.2, 0.25) is 0 Å². The first-order valence-corrected chi connectivity index (χ1v) is 16.9. The predicted octanol–water partition coefficient (Wildman–Crippen LogP) is 2.87. The van der Waals surface area contributed by atoms with E-state index < -0.39 is 11.9 Å². The fourth-order valence-electron chi connectivity index (χ4n) is 6.87. The lowest BCUT2D eigenvalue weighted by Crippen LogP contribution is -2.50. The highest BCUT2D eigenvalue weighted by atomic mass is 16.2. The molecule has 3 amide bonds. The summed E-state index contributed by atoms with van der Waals surface area (Å²) in [4.78, 5) is 48.8. The fraction of sp³-hybridized carbons (Fsp3) is 0.417. The summed E-state index contributed by atoms with van der Waals surface area (Å²) >= 11 is 0. The number of hydrogen-bond acceptors (Lipinski definition) is 10. The van der Waals surface area contributed by atoms with Crippen LogP contribution in [0, 0.1) is 18.8 Å². The maximum absolute atomic E-state index is 14.0. The molecule has 1 saturated carbocycles. The van der Waals surface area contributed by atoms with E-state index in [4.69, 9.17) is 11.5 Å². The number of aromatic amines is 1. The number of carbonyl (C=O) groups excluding carboxylic acids is 3. The molecule has 0 unspecified atom stereocenters. The summed E-state index contributed by atoms with van der Waals surface area (Å²) < 4.78 is 0. The number of aryl methyl sites for hydroxylation is 1. The van der Waals surface area contributed by atoms with E-state index in [9.17, 15) is 14.4 Å². The molecule has 3 heterocycles. The molecule has 2 aliphatic rings. The molecule has 1 aliphatic heterocycles. The average molecular weight is 665 g/mol. The molecule has 2 fully saturated rings. The van der Waals surface area contributed by atoms with Gasteiger partial charge in [0.05, 0.1) is 11.7 Å². The van der Waals surface area contributed by atoms with E-state index in [-0.39, 0.29) is 30.2 Å². The maximum atomic E-state index is 14.0. The van der Waals surface area contributed by atoms with Crippen LogP contribution in [-0.4, -0.2) is 87.0 Å². The number of likely N-dealkylation sites (tertiary alicyclic amines) is 1. The van der Waals surface area contributed by atoms with Gasteiger partial charge in [-0.25, -0.2) is 9.88 Å². The summed E-state index contributed by atoms with van der Waals surface area (Å²) in [6.07, 6.45) is 4.25. The summed E-state index contributed by atoms with van der Waals surface area (Å²) in [5.74, 6) is -0.337. The number of rotatable bonds is 10. The Balaban J connectivity index is 1.15. The standard InChI is InChI=1S/C36H44N10O3/c1-22-30(15-16-32(39-22)34(47)40-28-17-18-45(2)21-28)25-7-3-23(4-8-25)19-31(38)36(49)46(35(48)27-9-5-24(20-37)6-10-27)29-13-11-26(12-14-29)33-41-43-44-42-33/h3-4,7-8,11-16,24,27-28,31H,5-6,9-10,17-21,37-38H2,1-2H3,(H,40,47)(H,41,42,43,44)/t24?,27?,28-,31+/m1/s1. The van der Waals surface area contributed by atoms with Crippen molar-refractivity contribution in [2.24, 2.45) is 23.3 Å². The normalized spacial score (nSPS) is 20.1. The Bertz CT molecular complexity index is 1750. The molecule has 1 aliphatic carbocycles. The number of H-pyrrole nitrogens is 1. The molecular formula is C36H44N10O3. The second kappa shape index (κ2) is 15.1. The molecule has 1 saturated heterocycles. The van der Waals surface area contributed by atoms with Crippen LogP contribution < -0.4 is 21.7 Å². The minimum Gasteiger partial charge on any atom is -0.347 e. The molecule has 0 radical (unpaired) electrons. The van der Waals surface area contributed by atoms with Crippen molar-refractivity contribution in [1.82, 2.24) is 35.8 Å². The number of hydrogen-bond donors (Lipinski definition) is 4. The molecule has 13 nitrogen and oxygen atoms in total. The first-order chi connectivity index (χ1) is 23.7. The molecule has 0 bridgehead atoms. The third kappa shape index (κ3) is 7.90. The second-order valence-corrected chi connectivity index (χ2v) is 13.3. The zero-order valence-corrected chi connectivity index (χ0v) is 28.0. The van der Waals surface area contributed by atoms with Crippen LogP contribution >= 0.6 is 0 Å². The van der Waals surface area contributed by atoms with Crippen molar-refractivity contribution < 1.29 is 14.4 Å². The molecule has 4 aromatic rings. The van der Waals surface area contributed by atoms with Gasteiger partial charge < -0.3 is 21.7 Å². The highest BCUT2D eigenvalue weighted by Crippen LogP contribution is 2.32. The molecule has 2 aromatic heterocycles. The SMILES string of the molecule is Cc1nc(C(=O)N[C@@H]2CCN(C)C2)ccc1-c1ccc(C[C@H](N)C(=O)N(C(=O)C2CCC(CN)CC2)c2ccc(-c3nn[nH]n3)cc2)cc1. The lowest BCUT2D eigenvalue weighted by Gasteiger charge is -2.32. The van der Waals surface area contributed by atoms with Gasteiger partial charge in [0.2, 0.25) is 11.7 Å². The van der Waals surface area contributed by atoms with Gasteiger partial charge in [-0.15, -0.1) is 10.2 Å². The van der Waals surface area contributed by atoms with Crippen molar-refractivity contribution in [2.75, 3.05) is 31.6 Å². The number of imide groups is 1. The number of pyridine rings is 1. The van der Waals surface area contributed by atoms with Gasteiger partial charge in [-0.2, -0.15) is 5.21 Å². The summed E-state index contributed by atoms with van der Waals surface area (Å²) in [5.41, 5.74) is 17.4. The lowest BCUT2D eigenvalue weighted by molar-refractivity contribution is -0.130. The number of nitrogens with zero attached hydrogens (tertiary/aromatic N) is 6. The smallest absolute Gasteiger partial charge is 0.270 e. The highest BCUT2D eigenvalue weighted by molar-refractivity contribution is 6.17. The number of tetrazole rings is 1. The Morgan fingerprint density at radius 3 is 2.31 bits per heavy atom. The number of amides is 3. The van der Waals surface area contributed by atoms with Crippen LogP contribution in [0.4, 0.5) is 5.69 Å². The average Bonchev–Trinajstić information content (AvgIpc) is 3.81. The predicted molar refractivity (Wildman–Crippen MR) is 186 cm³/mol. The largest absolute Gasteiger partial charge is 0.347 e. The molecule has 256 valence electrons. The van der Waals surface area contributed by atoms with E-state index in [0.29, 0.717) is 48.1 Å². The fourth-order valence-corrected chi connectivity index (χ4v) is 6.87. The van der Waals surface area contributed by atoms with Gasteiger partial charge in [0.15, 0.2) is 0 Å². The number of nitrogens with two attached hydrogens (primary N) is 2. The molecule has 49 heavy (non-hydrogen) atoms. The maximum Gasteiger partial charge on any atom is 0.270 e. The molecule has 2 atom stereocenters. The summed E-state index contributed by atoms with van der Waals surface area (Å²) in [6.45, 7) is 4.29. The molecule has 6 N–H and O–H groups in total. The van der Waals surface area contributed by atoms with Gasteiger partial charge in [-0.05, 0) is 118 Å². The van der Waals surface area contributed by atoms with Crippen LogP contribution in [0.25, 0.3) is 22.5 Å². The van der Waals surface area contributed by atoms with E-state index in [2.05, 4.69) is 35.8 Å². The minimum absolute atomic E-state index is 0.134. The van der Waals surface area contributed by atoms with Crippen LogP contribution in [-0.2, 0) is 16.0 Å². The van der Waals surface area contributed by atoms with Crippen molar-refractivity contribution in [3.05, 3.63) is 77.6 Å². The van der Waals surface area contributed by atoms with Crippen LogP contribution in [0.1, 0.15) is 53.8 Å². The Morgan fingerprint density at radius 2 is 1.69 bits per heavy atom. The van der Waals surface area contributed by atoms with E-state index in [1.165, 1.54) is 4.90 Å². The van der Waals surface area contributed by atoms with Crippen molar-refractivity contribution >= 4 is 23.4 Å². The van der Waals surface area contributed by atoms with Gasteiger partial charge in [-0.1, -0.05) is 30.3 Å². The third-order valence-electron chi connectivity index (χ3n) is 9.78. The number of benzene rings is 2. The summed E-state index contributed by atoms with van der Waals surface area (Å²) in [6, 6.07) is 17.6. The minimum atomic E-state index is -0.951. The number of aromatic nitrogens is 5. The molecule has 6 rings (SSSR count). The van der Waals surface area contributed by atoms with E-state index in [0.717, 1.165) is 54.7 Å². The summed E-state index contributed by atoms with van der Waals surface area (Å²) in [7, 11) is 2.05. The van der Waals surface area contributed by atoms with Crippen LogP contribution in [0.15, 0.2) is 60.7 Å². The molecular weight excluding hydrogens is 620 g/mol. The van der Waals surface area contributed by atoms with Gasteiger partial charge in [-0.3, -0.25) is 14.4 Å². The van der Waals surface area contributed by atoms with Gasteiger partial charge in [0, 0.05) is 35.3 Å². The number of anilines is 1. The van der Waals surface area contributed by atoms with Gasteiger partial charge in [0.25, 0.3) is 11.8 Å². The van der Waals surface area contributed by atoms with Crippen LogP contribution in [0.5, 0.6) is 0 Å². The zero-order valence-electron chi connectivity index (χ0n) is 28.0. The van der Waals surface area contributed by atoms with Crippen molar-refractivity contribution in [2.45, 2.75) is 57.5 Å². The Hall–Kier alpha value is -4.85. The highest BCUT2D eigenvalue weighted by Gasteiger charge is 2.35. The first kappa shape index (κ1) is 34.0. The molecule has 13 heteroatoms. The topological polar surface area (TPSA) is 189 Å². The number of likely N-dealkylation sites (N-methyl/N-ethyl adjacent to an activating group) is 1. The lowest BCUT2D eigenvalue weighted by atomic mass is 9.81. The number of carbonyl (C=O) groups is 3. The summed E-state index contributed by atoms with van der Waals surface area (Å²) in [5, 5.41) is 17.1. The van der Waals surface area contributed by atoms with Gasteiger partial charge in [0.1, 0.15) is 5.69 Å². The molecule has 0 spiro atoms. The second-order valence-electron chi connectivity index (χ2n) is 13.3. The molecule has 2 aromatic carbocycles. The third-order valence-corrected chi connectivity index (χ3v) is 9.78. The quantitative estimate of drug-likeness (QED) is 0.196. The van der Waals surface area contributed by atoms with E-state index in [1.54, 1.807) is 30.3 Å². The number of nitrogens with one attached hydrogen (secondary N) is 2. The van der Waals surface area contributed by atoms with Crippen molar-refractivity contribution in [3.8, 4) is 22.5 Å². The van der Waals surface area contributed by atoms with Gasteiger partial charge >= 0.3 is 0 Å². The van der Waals surface area contributed by atoms with Crippen molar-refractivity contribution in [3.63, 3.8) is 0 Å². The van der Waals surface area contributed by atoms with E-state index in [1.807, 2.05) is 44.3 Å². The Morgan fingerprint density at radius 1 is 0.980 bits per heavy atom. The monoisotopic (exact) mass is 664 g/mol.